The lowest BCUT2D eigenvalue weighted by atomic mass is 9.86. The van der Waals surface area contributed by atoms with Crippen LogP contribution < -0.4 is 14.8 Å². The van der Waals surface area contributed by atoms with Gasteiger partial charge in [0.1, 0.15) is 23.7 Å². The summed E-state index contributed by atoms with van der Waals surface area (Å²) in [5.41, 5.74) is 6.61. The van der Waals surface area contributed by atoms with Crippen LogP contribution in [0.3, 0.4) is 0 Å². The third-order valence-corrected chi connectivity index (χ3v) is 6.19. The number of rotatable bonds is 12. The van der Waals surface area contributed by atoms with Gasteiger partial charge in [0.15, 0.2) is 0 Å². The summed E-state index contributed by atoms with van der Waals surface area (Å²) in [5.74, 6) is 1.66. The molecule has 0 aliphatic heterocycles. The van der Waals surface area contributed by atoms with Crippen LogP contribution in [0, 0.1) is 6.92 Å². The molecule has 0 radical (unpaired) electrons. The first-order chi connectivity index (χ1) is 18.7. The summed E-state index contributed by atoms with van der Waals surface area (Å²) < 4.78 is 17.1. The number of hydrogen-bond donors (Lipinski definition) is 1. The highest BCUT2D eigenvalue weighted by Crippen LogP contribution is 2.37. The fourth-order valence-corrected chi connectivity index (χ4v) is 4.35. The standard InChI is InChI=1S/C34H43NO4/c1-7-9-22-37-28-17-15-27(16-18-28)32(30(8-2)26-13-11-10-12-14-26)31-20-19-29(24-25(31)3)38-23-21-35-33(36)39-34(4,5)6/h10-20,24H,7-9,21-23H2,1-6H3,(H,35,36)/b32-30-. The van der Waals surface area contributed by atoms with E-state index < -0.39 is 11.7 Å². The smallest absolute Gasteiger partial charge is 0.407 e. The molecule has 0 saturated heterocycles. The topological polar surface area (TPSA) is 56.8 Å². The van der Waals surface area contributed by atoms with E-state index in [9.17, 15) is 4.79 Å². The monoisotopic (exact) mass is 529 g/mol. The molecule has 0 aromatic heterocycles. The summed E-state index contributed by atoms with van der Waals surface area (Å²) >= 11 is 0. The Bertz CT molecular complexity index is 1220. The molecule has 3 aromatic carbocycles. The third-order valence-electron chi connectivity index (χ3n) is 6.19. The lowest BCUT2D eigenvalue weighted by molar-refractivity contribution is 0.0520. The van der Waals surface area contributed by atoms with Crippen LogP contribution in [-0.4, -0.2) is 31.5 Å². The van der Waals surface area contributed by atoms with Gasteiger partial charge in [0.05, 0.1) is 13.2 Å². The predicted octanol–water partition coefficient (Wildman–Crippen LogP) is 8.45. The lowest BCUT2D eigenvalue weighted by Crippen LogP contribution is -2.34. The first-order valence-corrected chi connectivity index (χ1v) is 13.9. The minimum absolute atomic E-state index is 0.352. The van der Waals surface area contributed by atoms with Crippen molar-refractivity contribution in [2.75, 3.05) is 19.8 Å². The highest BCUT2D eigenvalue weighted by atomic mass is 16.6. The Morgan fingerprint density at radius 2 is 1.49 bits per heavy atom. The summed E-state index contributed by atoms with van der Waals surface area (Å²) in [6.07, 6.45) is 2.61. The van der Waals surface area contributed by atoms with Crippen LogP contribution in [0.25, 0.3) is 11.1 Å². The zero-order chi connectivity index (χ0) is 28.3. The average molecular weight is 530 g/mol. The predicted molar refractivity (Wildman–Crippen MR) is 160 cm³/mol. The van der Waals surface area contributed by atoms with Crippen molar-refractivity contribution in [2.45, 2.75) is 66.4 Å². The van der Waals surface area contributed by atoms with Gasteiger partial charge in [-0.3, -0.25) is 0 Å². The number of benzene rings is 3. The Hall–Kier alpha value is -3.73. The normalized spacial score (nSPS) is 11.9. The summed E-state index contributed by atoms with van der Waals surface area (Å²) in [7, 11) is 0. The third kappa shape index (κ3) is 9.20. The number of hydrogen-bond acceptors (Lipinski definition) is 4. The molecule has 3 rings (SSSR count). The Morgan fingerprint density at radius 1 is 0.821 bits per heavy atom. The molecule has 5 nitrogen and oxygen atoms in total. The number of allylic oxidation sites excluding steroid dienone is 1. The number of carbonyl (C=O) groups is 1. The van der Waals surface area contributed by atoms with Crippen molar-refractivity contribution in [3.8, 4) is 11.5 Å². The van der Waals surface area contributed by atoms with E-state index in [1.165, 1.54) is 16.7 Å². The minimum atomic E-state index is -0.525. The number of unbranched alkanes of at least 4 members (excludes halogenated alkanes) is 1. The minimum Gasteiger partial charge on any atom is -0.494 e. The molecular formula is C34H43NO4. The van der Waals surface area contributed by atoms with Crippen molar-refractivity contribution in [1.82, 2.24) is 5.32 Å². The van der Waals surface area contributed by atoms with Crippen LogP contribution in [0.4, 0.5) is 4.79 Å². The molecule has 0 aliphatic carbocycles. The molecule has 5 heteroatoms. The number of nitrogens with one attached hydrogen (secondary N) is 1. The van der Waals surface area contributed by atoms with E-state index in [0.29, 0.717) is 13.2 Å². The molecule has 1 amide bonds. The van der Waals surface area contributed by atoms with Gasteiger partial charge in [-0.05, 0) is 98.2 Å². The van der Waals surface area contributed by atoms with Crippen molar-refractivity contribution >= 4 is 17.2 Å². The van der Waals surface area contributed by atoms with Crippen molar-refractivity contribution in [3.63, 3.8) is 0 Å². The summed E-state index contributed by atoms with van der Waals surface area (Å²) in [4.78, 5) is 11.9. The first kappa shape index (κ1) is 29.8. The van der Waals surface area contributed by atoms with Gasteiger partial charge in [-0.1, -0.05) is 68.8 Å². The van der Waals surface area contributed by atoms with Crippen molar-refractivity contribution < 1.29 is 19.0 Å². The average Bonchev–Trinajstić information content (AvgIpc) is 2.90. The Labute approximate surface area is 234 Å². The van der Waals surface area contributed by atoms with Gasteiger partial charge in [0, 0.05) is 0 Å². The molecule has 0 aliphatic rings. The molecule has 3 aromatic rings. The Kier molecular flexibility index (Phi) is 11.0. The SMILES string of the molecule is CCCCOc1ccc(/C(=C(\CC)c2ccccc2)c2ccc(OCCNC(=O)OC(C)(C)C)cc2C)cc1. The van der Waals surface area contributed by atoms with Crippen LogP contribution >= 0.6 is 0 Å². The number of carbonyl (C=O) groups excluding carboxylic acids is 1. The second-order valence-corrected chi connectivity index (χ2v) is 10.6. The fourth-order valence-electron chi connectivity index (χ4n) is 4.35. The molecule has 0 heterocycles. The second-order valence-electron chi connectivity index (χ2n) is 10.6. The summed E-state index contributed by atoms with van der Waals surface area (Å²) in [6.45, 7) is 13.5. The first-order valence-electron chi connectivity index (χ1n) is 13.9. The molecule has 0 fully saturated rings. The van der Waals surface area contributed by atoms with Gasteiger partial charge in [0.2, 0.25) is 0 Å². The molecule has 1 N–H and O–H groups in total. The quantitative estimate of drug-likeness (QED) is 0.189. The number of aryl methyl sites for hydroxylation is 1. The largest absolute Gasteiger partial charge is 0.494 e. The van der Waals surface area contributed by atoms with E-state index in [-0.39, 0.29) is 0 Å². The molecule has 0 spiro atoms. The van der Waals surface area contributed by atoms with Crippen molar-refractivity contribution in [1.29, 1.82) is 0 Å². The zero-order valence-electron chi connectivity index (χ0n) is 24.3. The van der Waals surface area contributed by atoms with Crippen LogP contribution in [0.5, 0.6) is 11.5 Å². The number of amides is 1. The van der Waals surface area contributed by atoms with E-state index in [0.717, 1.165) is 54.1 Å². The highest BCUT2D eigenvalue weighted by molar-refractivity contribution is 5.99. The molecule has 0 saturated carbocycles. The van der Waals surface area contributed by atoms with Gasteiger partial charge >= 0.3 is 6.09 Å². The van der Waals surface area contributed by atoms with Crippen LogP contribution in [0.15, 0.2) is 72.8 Å². The van der Waals surface area contributed by atoms with Crippen molar-refractivity contribution in [3.05, 3.63) is 95.1 Å². The van der Waals surface area contributed by atoms with Gasteiger partial charge in [-0.2, -0.15) is 0 Å². The zero-order valence-corrected chi connectivity index (χ0v) is 24.3. The maximum atomic E-state index is 11.9. The van der Waals surface area contributed by atoms with Gasteiger partial charge < -0.3 is 19.5 Å². The van der Waals surface area contributed by atoms with Crippen LogP contribution in [0.1, 0.15) is 76.1 Å². The van der Waals surface area contributed by atoms with Crippen molar-refractivity contribution in [2.24, 2.45) is 0 Å². The number of ether oxygens (including phenoxy) is 3. The second kappa shape index (κ2) is 14.4. The Morgan fingerprint density at radius 3 is 2.10 bits per heavy atom. The van der Waals surface area contributed by atoms with Gasteiger partial charge in [-0.15, -0.1) is 0 Å². The summed E-state index contributed by atoms with van der Waals surface area (Å²) in [5, 5.41) is 2.73. The van der Waals surface area contributed by atoms with Gasteiger partial charge in [-0.25, -0.2) is 4.79 Å². The van der Waals surface area contributed by atoms with E-state index in [4.69, 9.17) is 14.2 Å². The van der Waals surface area contributed by atoms with E-state index in [1.54, 1.807) is 0 Å². The van der Waals surface area contributed by atoms with Crippen LogP contribution in [0.2, 0.25) is 0 Å². The number of alkyl carbamates (subject to hydrolysis) is 1. The molecule has 0 atom stereocenters. The maximum absolute atomic E-state index is 11.9. The fraction of sp³-hybridized carbons (Fsp3) is 0.382. The highest BCUT2D eigenvalue weighted by Gasteiger charge is 2.17. The van der Waals surface area contributed by atoms with Gasteiger partial charge in [0.25, 0.3) is 0 Å². The summed E-state index contributed by atoms with van der Waals surface area (Å²) in [6, 6.07) is 25.2. The van der Waals surface area contributed by atoms with E-state index in [1.807, 2.05) is 32.9 Å². The molecular weight excluding hydrogens is 486 g/mol. The van der Waals surface area contributed by atoms with E-state index >= 15 is 0 Å². The lowest BCUT2D eigenvalue weighted by Gasteiger charge is -2.20. The molecule has 0 unspecified atom stereocenters. The Balaban J connectivity index is 1.85. The maximum Gasteiger partial charge on any atom is 0.407 e. The molecule has 39 heavy (non-hydrogen) atoms. The van der Waals surface area contributed by atoms with E-state index in [2.05, 4.69) is 86.8 Å². The molecule has 0 bridgehead atoms. The van der Waals surface area contributed by atoms with Crippen LogP contribution in [-0.2, 0) is 4.74 Å². The molecule has 208 valence electrons.